The first kappa shape index (κ1) is 17.0. The number of hydrogen-bond donors (Lipinski definition) is 1. The third-order valence-corrected chi connectivity index (χ3v) is 6.05. The van der Waals surface area contributed by atoms with Gasteiger partial charge in [0.2, 0.25) is 5.91 Å². The SMILES string of the molecule is O=C(O)c1cccc(N2C(=O)C3(CC3c3ccc(Cl)cc3)c3ccccc32)c1. The topological polar surface area (TPSA) is 57.6 Å². The number of carboxylic acids is 1. The van der Waals surface area contributed by atoms with Crippen molar-refractivity contribution in [2.75, 3.05) is 4.90 Å². The van der Waals surface area contributed by atoms with Gasteiger partial charge in [0.05, 0.1) is 16.7 Å². The Kier molecular flexibility index (Phi) is 3.61. The summed E-state index contributed by atoms with van der Waals surface area (Å²) in [5.41, 5.74) is 3.06. The highest BCUT2D eigenvalue weighted by molar-refractivity contribution is 6.30. The molecule has 1 N–H and O–H groups in total. The van der Waals surface area contributed by atoms with Crippen LogP contribution in [0.5, 0.6) is 0 Å². The van der Waals surface area contributed by atoms with Crippen molar-refractivity contribution >= 4 is 34.9 Å². The number of hydrogen-bond acceptors (Lipinski definition) is 2. The number of amides is 1. The number of para-hydroxylation sites is 1. The number of rotatable bonds is 3. The highest BCUT2D eigenvalue weighted by Gasteiger charge is 2.67. The van der Waals surface area contributed by atoms with Crippen molar-refractivity contribution in [3.8, 4) is 0 Å². The van der Waals surface area contributed by atoms with Crippen molar-refractivity contribution in [1.29, 1.82) is 0 Å². The highest BCUT2D eigenvalue weighted by Crippen LogP contribution is 2.67. The minimum Gasteiger partial charge on any atom is -0.478 e. The van der Waals surface area contributed by atoms with E-state index in [1.165, 1.54) is 6.07 Å². The van der Waals surface area contributed by atoms with Crippen LogP contribution in [0.25, 0.3) is 0 Å². The van der Waals surface area contributed by atoms with Gasteiger partial charge in [-0.2, -0.15) is 0 Å². The van der Waals surface area contributed by atoms with E-state index in [0.717, 1.165) is 23.2 Å². The predicted molar refractivity (Wildman–Crippen MR) is 107 cm³/mol. The van der Waals surface area contributed by atoms with E-state index in [-0.39, 0.29) is 17.4 Å². The van der Waals surface area contributed by atoms with E-state index in [0.29, 0.717) is 10.7 Å². The molecule has 0 saturated heterocycles. The number of halogens is 1. The van der Waals surface area contributed by atoms with Gasteiger partial charge in [0.15, 0.2) is 0 Å². The van der Waals surface area contributed by atoms with Crippen molar-refractivity contribution < 1.29 is 14.7 Å². The number of carbonyl (C=O) groups excluding carboxylic acids is 1. The molecule has 0 radical (unpaired) electrons. The van der Waals surface area contributed by atoms with Crippen LogP contribution < -0.4 is 4.90 Å². The molecule has 0 aromatic heterocycles. The first-order valence-electron chi connectivity index (χ1n) is 9.05. The van der Waals surface area contributed by atoms with E-state index in [2.05, 4.69) is 0 Å². The summed E-state index contributed by atoms with van der Waals surface area (Å²) < 4.78 is 0. The van der Waals surface area contributed by atoms with Gasteiger partial charge in [0.1, 0.15) is 0 Å². The zero-order valence-electron chi connectivity index (χ0n) is 14.8. The molecule has 2 aliphatic rings. The van der Waals surface area contributed by atoms with Gasteiger partial charge in [-0.1, -0.05) is 48.0 Å². The van der Waals surface area contributed by atoms with Crippen LogP contribution in [0.2, 0.25) is 5.02 Å². The molecule has 1 fully saturated rings. The Bertz CT molecular complexity index is 1120. The van der Waals surface area contributed by atoms with Gasteiger partial charge in [-0.05, 0) is 53.9 Å². The number of aromatic carboxylic acids is 1. The van der Waals surface area contributed by atoms with Crippen LogP contribution in [0.15, 0.2) is 72.8 Å². The van der Waals surface area contributed by atoms with E-state index >= 15 is 0 Å². The first-order valence-corrected chi connectivity index (χ1v) is 9.43. The summed E-state index contributed by atoms with van der Waals surface area (Å²) in [7, 11) is 0. The van der Waals surface area contributed by atoms with Crippen LogP contribution in [0.3, 0.4) is 0 Å². The lowest BCUT2D eigenvalue weighted by molar-refractivity contribution is -0.119. The van der Waals surface area contributed by atoms with E-state index in [9.17, 15) is 14.7 Å². The van der Waals surface area contributed by atoms with Crippen LogP contribution in [0.4, 0.5) is 11.4 Å². The molecule has 28 heavy (non-hydrogen) atoms. The number of nitrogens with zero attached hydrogens (tertiary/aromatic N) is 1. The fraction of sp³-hybridized carbons (Fsp3) is 0.130. The van der Waals surface area contributed by atoms with Crippen LogP contribution in [-0.2, 0) is 10.2 Å². The second kappa shape index (κ2) is 5.94. The quantitative estimate of drug-likeness (QED) is 0.674. The Morgan fingerprint density at radius 2 is 1.79 bits per heavy atom. The predicted octanol–water partition coefficient (Wildman–Crippen LogP) is 5.14. The molecule has 1 heterocycles. The van der Waals surface area contributed by atoms with Crippen LogP contribution in [0, 0.1) is 0 Å². The van der Waals surface area contributed by atoms with Gasteiger partial charge in [0, 0.05) is 16.6 Å². The van der Waals surface area contributed by atoms with Gasteiger partial charge < -0.3 is 5.11 Å². The molecular formula is C23H16ClNO3. The van der Waals surface area contributed by atoms with Crippen molar-refractivity contribution in [3.63, 3.8) is 0 Å². The maximum atomic E-state index is 13.6. The molecule has 3 aromatic rings. The summed E-state index contributed by atoms with van der Waals surface area (Å²) in [6.07, 6.45) is 0.736. The molecular weight excluding hydrogens is 374 g/mol. The second-order valence-electron chi connectivity index (χ2n) is 7.29. The molecule has 1 aliphatic heterocycles. The Balaban J connectivity index is 1.61. The fourth-order valence-electron chi connectivity index (χ4n) is 4.40. The van der Waals surface area contributed by atoms with Crippen molar-refractivity contribution in [3.05, 3.63) is 94.5 Å². The number of benzene rings is 3. The third-order valence-electron chi connectivity index (χ3n) is 5.79. The molecule has 3 aromatic carbocycles. The largest absolute Gasteiger partial charge is 0.478 e. The normalized spacial score (nSPS) is 22.4. The average molecular weight is 390 g/mol. The standard InChI is InChI=1S/C23H16ClNO3/c24-16-10-8-14(9-11-16)19-13-23(19)18-6-1-2-7-20(18)25(22(23)28)17-5-3-4-15(12-17)21(26)27/h1-12,19H,13H2,(H,26,27). The number of anilines is 2. The minimum absolute atomic E-state index is 0.00353. The van der Waals surface area contributed by atoms with E-state index in [1.54, 1.807) is 23.1 Å². The monoisotopic (exact) mass is 389 g/mol. The zero-order chi connectivity index (χ0) is 19.5. The summed E-state index contributed by atoms with van der Waals surface area (Å²) in [6.45, 7) is 0. The summed E-state index contributed by atoms with van der Waals surface area (Å²) >= 11 is 6.02. The average Bonchev–Trinajstić information content (AvgIpc) is 3.40. The third kappa shape index (κ3) is 2.31. The summed E-state index contributed by atoms with van der Waals surface area (Å²) in [5.74, 6) is -0.927. The first-order chi connectivity index (χ1) is 13.5. The van der Waals surface area contributed by atoms with E-state index in [4.69, 9.17) is 11.6 Å². The lowest BCUT2D eigenvalue weighted by atomic mass is 9.92. The number of fused-ring (bicyclic) bond motifs is 2. The second-order valence-corrected chi connectivity index (χ2v) is 7.73. The van der Waals surface area contributed by atoms with Crippen molar-refractivity contribution in [1.82, 2.24) is 0 Å². The molecule has 1 saturated carbocycles. The molecule has 0 bridgehead atoms. The smallest absolute Gasteiger partial charge is 0.335 e. The maximum absolute atomic E-state index is 13.6. The number of carbonyl (C=O) groups is 2. The Morgan fingerprint density at radius 1 is 1.04 bits per heavy atom. The lowest BCUT2D eigenvalue weighted by Gasteiger charge is -2.19. The van der Waals surface area contributed by atoms with Crippen molar-refractivity contribution in [2.24, 2.45) is 0 Å². The van der Waals surface area contributed by atoms with Crippen LogP contribution in [0.1, 0.15) is 33.8 Å². The van der Waals surface area contributed by atoms with Crippen molar-refractivity contribution in [2.45, 2.75) is 17.8 Å². The van der Waals surface area contributed by atoms with Gasteiger partial charge in [-0.25, -0.2) is 4.79 Å². The molecule has 138 valence electrons. The Labute approximate surface area is 167 Å². The zero-order valence-corrected chi connectivity index (χ0v) is 15.6. The van der Waals surface area contributed by atoms with Crippen LogP contribution >= 0.6 is 11.6 Å². The number of carboxylic acid groups (broad SMARTS) is 1. The van der Waals surface area contributed by atoms with Gasteiger partial charge in [-0.15, -0.1) is 0 Å². The molecule has 1 amide bonds. The minimum atomic E-state index is -1.01. The van der Waals surface area contributed by atoms with Gasteiger partial charge >= 0.3 is 5.97 Å². The summed E-state index contributed by atoms with van der Waals surface area (Å²) in [6, 6.07) is 22.0. The summed E-state index contributed by atoms with van der Waals surface area (Å²) in [4.78, 5) is 26.7. The molecule has 2 atom stereocenters. The maximum Gasteiger partial charge on any atom is 0.335 e. The van der Waals surface area contributed by atoms with Crippen LogP contribution in [-0.4, -0.2) is 17.0 Å². The lowest BCUT2D eigenvalue weighted by Crippen LogP contribution is -2.29. The Morgan fingerprint density at radius 3 is 2.54 bits per heavy atom. The molecule has 1 spiro atoms. The molecule has 5 heteroatoms. The molecule has 4 nitrogen and oxygen atoms in total. The molecule has 1 aliphatic carbocycles. The van der Waals surface area contributed by atoms with Gasteiger partial charge in [0.25, 0.3) is 0 Å². The summed E-state index contributed by atoms with van der Waals surface area (Å²) in [5, 5.41) is 10.00. The van der Waals surface area contributed by atoms with Gasteiger partial charge in [-0.3, -0.25) is 9.69 Å². The molecule has 2 unspecified atom stereocenters. The fourth-order valence-corrected chi connectivity index (χ4v) is 4.52. The highest BCUT2D eigenvalue weighted by atomic mass is 35.5. The Hall–Kier alpha value is -3.11. The van der Waals surface area contributed by atoms with E-state index < -0.39 is 11.4 Å². The van der Waals surface area contributed by atoms with E-state index in [1.807, 2.05) is 48.5 Å². The molecule has 5 rings (SSSR count).